The minimum Gasteiger partial charge on any atom is -0.462 e. The van der Waals surface area contributed by atoms with E-state index in [1.54, 1.807) is 12.3 Å². The monoisotopic (exact) mass is 276 g/mol. The number of carbonyl (C=O) groups excluding carboxylic acids is 1. The molecule has 0 saturated heterocycles. The van der Waals surface area contributed by atoms with Gasteiger partial charge in [0, 0.05) is 29.0 Å². The summed E-state index contributed by atoms with van der Waals surface area (Å²) >= 11 is 5.83. The Labute approximate surface area is 116 Å². The Morgan fingerprint density at radius 1 is 1.32 bits per heavy atom. The Hall–Kier alpha value is -2.07. The highest BCUT2D eigenvalue weighted by Crippen LogP contribution is 2.17. The Kier molecular flexibility index (Phi) is 4.36. The van der Waals surface area contributed by atoms with E-state index in [4.69, 9.17) is 22.1 Å². The van der Waals surface area contributed by atoms with Crippen molar-refractivity contribution in [3.05, 3.63) is 58.9 Å². The largest absolute Gasteiger partial charge is 0.462 e. The summed E-state index contributed by atoms with van der Waals surface area (Å²) in [6, 6.07) is 10.2. The molecular weight excluding hydrogens is 264 g/mol. The Bertz CT molecular complexity index is 553. The molecule has 1 heterocycles. The van der Waals surface area contributed by atoms with Crippen LogP contribution in [-0.2, 0) is 11.2 Å². The molecule has 0 saturated carbocycles. The molecule has 0 aliphatic carbocycles. The highest BCUT2D eigenvalue weighted by atomic mass is 35.5. The molecule has 0 bridgehead atoms. The molecule has 19 heavy (non-hydrogen) atoms. The van der Waals surface area contributed by atoms with Crippen LogP contribution >= 0.6 is 11.6 Å². The topological polar surface area (TPSA) is 65.2 Å². The Morgan fingerprint density at radius 3 is 2.84 bits per heavy atom. The lowest BCUT2D eigenvalue weighted by Crippen LogP contribution is -2.09. The number of anilines is 1. The molecule has 2 rings (SSSR count). The first-order valence-electron chi connectivity index (χ1n) is 5.78. The third kappa shape index (κ3) is 3.96. The summed E-state index contributed by atoms with van der Waals surface area (Å²) in [7, 11) is 0. The van der Waals surface area contributed by atoms with Crippen LogP contribution in [0.1, 0.15) is 16.1 Å². The van der Waals surface area contributed by atoms with E-state index in [1.165, 1.54) is 12.1 Å². The molecule has 0 spiro atoms. The van der Waals surface area contributed by atoms with Crippen molar-refractivity contribution in [2.24, 2.45) is 0 Å². The van der Waals surface area contributed by atoms with E-state index in [0.29, 0.717) is 22.7 Å². The summed E-state index contributed by atoms with van der Waals surface area (Å²) in [5.74, 6) is -0.440. The van der Waals surface area contributed by atoms with Crippen LogP contribution in [0.2, 0.25) is 5.02 Å². The van der Waals surface area contributed by atoms with Crippen molar-refractivity contribution in [3.63, 3.8) is 0 Å². The molecule has 0 fully saturated rings. The molecule has 2 N–H and O–H groups in total. The Morgan fingerprint density at radius 2 is 2.16 bits per heavy atom. The highest BCUT2D eigenvalue weighted by molar-refractivity contribution is 6.31. The van der Waals surface area contributed by atoms with E-state index in [2.05, 4.69) is 4.98 Å². The van der Waals surface area contributed by atoms with Gasteiger partial charge in [0.2, 0.25) is 0 Å². The van der Waals surface area contributed by atoms with Crippen molar-refractivity contribution in [3.8, 4) is 0 Å². The SMILES string of the molecule is Nc1cc(Cl)cc(C(=O)OCCc2ccccn2)c1. The number of aromatic nitrogens is 1. The van der Waals surface area contributed by atoms with Crippen molar-refractivity contribution in [2.45, 2.75) is 6.42 Å². The van der Waals surface area contributed by atoms with Crippen LogP contribution in [0.25, 0.3) is 0 Å². The number of nitrogens with zero attached hydrogens (tertiary/aromatic N) is 1. The standard InChI is InChI=1S/C14H13ClN2O2/c15-11-7-10(8-12(16)9-11)14(18)19-6-4-13-3-1-2-5-17-13/h1-3,5,7-9H,4,6,16H2. The lowest BCUT2D eigenvalue weighted by molar-refractivity contribution is 0.0508. The molecule has 5 heteroatoms. The van der Waals surface area contributed by atoms with Crippen LogP contribution in [0.3, 0.4) is 0 Å². The van der Waals surface area contributed by atoms with Crippen LogP contribution in [0.15, 0.2) is 42.6 Å². The van der Waals surface area contributed by atoms with Gasteiger partial charge in [0.05, 0.1) is 12.2 Å². The molecule has 0 atom stereocenters. The van der Waals surface area contributed by atoms with Crippen LogP contribution in [-0.4, -0.2) is 17.6 Å². The second-order valence-corrected chi connectivity index (χ2v) is 4.42. The fourth-order valence-corrected chi connectivity index (χ4v) is 1.85. The number of ether oxygens (including phenoxy) is 1. The number of rotatable bonds is 4. The Balaban J connectivity index is 1.91. The fraction of sp³-hybridized carbons (Fsp3) is 0.143. The molecule has 0 aliphatic heterocycles. The molecule has 0 amide bonds. The minimum atomic E-state index is -0.440. The van der Waals surface area contributed by atoms with Gasteiger partial charge in [0.15, 0.2) is 0 Å². The average Bonchev–Trinajstić information content (AvgIpc) is 2.38. The van der Waals surface area contributed by atoms with Gasteiger partial charge in [0.1, 0.15) is 0 Å². The summed E-state index contributed by atoms with van der Waals surface area (Å²) in [5.41, 5.74) is 7.28. The maximum Gasteiger partial charge on any atom is 0.338 e. The molecule has 98 valence electrons. The number of halogens is 1. The molecule has 1 aromatic heterocycles. The summed E-state index contributed by atoms with van der Waals surface area (Å²) in [6.07, 6.45) is 2.28. The van der Waals surface area contributed by atoms with Gasteiger partial charge >= 0.3 is 5.97 Å². The van der Waals surface area contributed by atoms with E-state index >= 15 is 0 Å². The molecule has 0 aliphatic rings. The van der Waals surface area contributed by atoms with Crippen molar-refractivity contribution < 1.29 is 9.53 Å². The molecule has 0 radical (unpaired) electrons. The number of hydrogen-bond acceptors (Lipinski definition) is 4. The molecule has 0 unspecified atom stereocenters. The summed E-state index contributed by atoms with van der Waals surface area (Å²) < 4.78 is 5.15. The number of esters is 1. The zero-order valence-electron chi connectivity index (χ0n) is 10.2. The van der Waals surface area contributed by atoms with Gasteiger partial charge in [-0.05, 0) is 30.3 Å². The lowest BCUT2D eigenvalue weighted by atomic mass is 10.2. The van der Waals surface area contributed by atoms with Gasteiger partial charge in [-0.3, -0.25) is 4.98 Å². The van der Waals surface area contributed by atoms with Gasteiger partial charge in [-0.25, -0.2) is 4.79 Å². The third-order valence-corrected chi connectivity index (χ3v) is 2.69. The first-order chi connectivity index (χ1) is 9.15. The molecule has 1 aromatic carbocycles. The van der Waals surface area contributed by atoms with Crippen LogP contribution in [0, 0.1) is 0 Å². The van der Waals surface area contributed by atoms with Crippen LogP contribution < -0.4 is 5.73 Å². The number of nitrogens with two attached hydrogens (primary N) is 1. The van der Waals surface area contributed by atoms with Crippen molar-refractivity contribution in [1.82, 2.24) is 4.98 Å². The van der Waals surface area contributed by atoms with Gasteiger partial charge < -0.3 is 10.5 Å². The van der Waals surface area contributed by atoms with Gasteiger partial charge in [0.25, 0.3) is 0 Å². The van der Waals surface area contributed by atoms with E-state index < -0.39 is 5.97 Å². The summed E-state index contributed by atoms with van der Waals surface area (Å²) in [4.78, 5) is 15.9. The van der Waals surface area contributed by atoms with E-state index in [-0.39, 0.29) is 6.61 Å². The summed E-state index contributed by atoms with van der Waals surface area (Å²) in [6.45, 7) is 0.266. The second kappa shape index (κ2) is 6.20. The maximum absolute atomic E-state index is 11.8. The van der Waals surface area contributed by atoms with Crippen molar-refractivity contribution in [1.29, 1.82) is 0 Å². The first-order valence-corrected chi connectivity index (χ1v) is 6.16. The minimum absolute atomic E-state index is 0.266. The predicted octanol–water partition coefficient (Wildman–Crippen LogP) is 2.72. The number of benzene rings is 1. The third-order valence-electron chi connectivity index (χ3n) is 2.47. The zero-order chi connectivity index (χ0) is 13.7. The van der Waals surface area contributed by atoms with Gasteiger partial charge in [-0.1, -0.05) is 17.7 Å². The normalized spacial score (nSPS) is 10.2. The summed E-state index contributed by atoms with van der Waals surface area (Å²) in [5, 5.41) is 0.414. The number of hydrogen-bond donors (Lipinski definition) is 1. The zero-order valence-corrected chi connectivity index (χ0v) is 10.9. The lowest BCUT2D eigenvalue weighted by Gasteiger charge is -2.06. The number of carbonyl (C=O) groups is 1. The smallest absolute Gasteiger partial charge is 0.338 e. The van der Waals surface area contributed by atoms with Crippen LogP contribution in [0.4, 0.5) is 5.69 Å². The second-order valence-electron chi connectivity index (χ2n) is 3.98. The van der Waals surface area contributed by atoms with E-state index in [1.807, 2.05) is 18.2 Å². The predicted molar refractivity (Wildman–Crippen MR) is 74.1 cm³/mol. The van der Waals surface area contributed by atoms with E-state index in [0.717, 1.165) is 5.69 Å². The highest BCUT2D eigenvalue weighted by Gasteiger charge is 2.09. The van der Waals surface area contributed by atoms with Crippen LogP contribution in [0.5, 0.6) is 0 Å². The fourth-order valence-electron chi connectivity index (χ4n) is 1.61. The van der Waals surface area contributed by atoms with Gasteiger partial charge in [-0.15, -0.1) is 0 Å². The van der Waals surface area contributed by atoms with Crippen molar-refractivity contribution >= 4 is 23.3 Å². The van der Waals surface area contributed by atoms with Gasteiger partial charge in [-0.2, -0.15) is 0 Å². The molecular formula is C14H13ClN2O2. The number of pyridine rings is 1. The quantitative estimate of drug-likeness (QED) is 0.689. The number of nitrogen functional groups attached to an aromatic ring is 1. The first kappa shape index (κ1) is 13.4. The van der Waals surface area contributed by atoms with Crippen molar-refractivity contribution in [2.75, 3.05) is 12.3 Å². The molecule has 2 aromatic rings. The maximum atomic E-state index is 11.8. The molecule has 4 nitrogen and oxygen atoms in total. The average molecular weight is 277 g/mol. The van der Waals surface area contributed by atoms with E-state index in [9.17, 15) is 4.79 Å².